The van der Waals surface area contributed by atoms with Crippen LogP contribution in [0.3, 0.4) is 0 Å². The van der Waals surface area contributed by atoms with Gasteiger partial charge in [-0.15, -0.1) is 0 Å². The molecule has 0 N–H and O–H groups in total. The first-order chi connectivity index (χ1) is 41.6. The molecule has 84 heavy (non-hydrogen) atoms. The summed E-state index contributed by atoms with van der Waals surface area (Å²) in [5.74, 6) is 0.718. The van der Waals surface area contributed by atoms with Gasteiger partial charge in [0, 0.05) is 11.5 Å². The SMILES string of the molecule is CCCCCCCCO[C@@H]1[C@H](OCc2ccccc2)[C@@H](OCc2ccccc2)[C@H](OCc2ccccc2)[C@@H](OC2O[C@H](COCc3ccccc3)[C@@H](OCc3ccccc3)[C@H](OCc3ccccc3)[C@H]2N=[N+]=[N-])[C@@H]1OCc1ccc(OC)cc1. The van der Waals surface area contributed by atoms with Crippen molar-refractivity contribution in [1.29, 1.82) is 0 Å². The van der Waals surface area contributed by atoms with Crippen molar-refractivity contribution in [3.63, 3.8) is 0 Å². The minimum Gasteiger partial charge on any atom is -0.497 e. The van der Waals surface area contributed by atoms with Crippen LogP contribution in [0.15, 0.2) is 211 Å². The van der Waals surface area contributed by atoms with Gasteiger partial charge in [0.1, 0.15) is 66.7 Å². The highest BCUT2D eigenvalue weighted by Crippen LogP contribution is 2.40. The molecule has 1 aliphatic heterocycles. The lowest BCUT2D eigenvalue weighted by Crippen LogP contribution is -2.69. The Morgan fingerprint density at radius 2 is 0.750 bits per heavy atom. The number of nitrogens with zero attached hydrogens (tertiary/aromatic N) is 3. The summed E-state index contributed by atoms with van der Waals surface area (Å²) in [6.45, 7) is 4.18. The van der Waals surface area contributed by atoms with Crippen LogP contribution in [0.25, 0.3) is 10.4 Å². The monoisotopic (exact) mass is 1140 g/mol. The first-order valence-electron chi connectivity index (χ1n) is 29.7. The third-order valence-corrected chi connectivity index (χ3v) is 15.3. The number of ether oxygens (including phenoxy) is 11. The summed E-state index contributed by atoms with van der Waals surface area (Å²) in [7, 11) is 1.65. The van der Waals surface area contributed by atoms with E-state index in [-0.39, 0.29) is 46.2 Å². The maximum atomic E-state index is 10.7. The first kappa shape index (κ1) is 61.8. The highest BCUT2D eigenvalue weighted by atomic mass is 16.7. The molecule has 0 radical (unpaired) electrons. The lowest BCUT2D eigenvalue weighted by molar-refractivity contribution is -0.342. The van der Waals surface area contributed by atoms with Gasteiger partial charge in [-0.25, -0.2) is 0 Å². The van der Waals surface area contributed by atoms with Crippen LogP contribution >= 0.6 is 0 Å². The summed E-state index contributed by atoms with van der Waals surface area (Å²) in [5, 5.41) is 4.53. The molecule has 442 valence electrons. The Morgan fingerprint density at radius 1 is 0.393 bits per heavy atom. The van der Waals surface area contributed by atoms with E-state index < -0.39 is 67.3 Å². The van der Waals surface area contributed by atoms with E-state index in [1.165, 1.54) is 6.42 Å². The van der Waals surface area contributed by atoms with Crippen LogP contribution in [0.2, 0.25) is 0 Å². The third-order valence-electron chi connectivity index (χ3n) is 15.3. The normalized spacial score (nSPS) is 23.1. The number of rotatable bonds is 34. The van der Waals surface area contributed by atoms with Crippen molar-refractivity contribution >= 4 is 0 Å². The van der Waals surface area contributed by atoms with Crippen molar-refractivity contribution in [2.75, 3.05) is 20.3 Å². The smallest absolute Gasteiger partial charge is 0.169 e. The summed E-state index contributed by atoms with van der Waals surface area (Å²) in [6, 6.07) is 66.6. The molecule has 14 heteroatoms. The average molecular weight is 1140 g/mol. The van der Waals surface area contributed by atoms with E-state index in [0.717, 1.165) is 76.8 Å². The molecule has 1 unspecified atom stereocenters. The van der Waals surface area contributed by atoms with Gasteiger partial charge in [-0.3, -0.25) is 0 Å². The molecule has 11 atom stereocenters. The number of unbranched alkanes of at least 4 members (excludes halogenated alkanes) is 5. The van der Waals surface area contributed by atoms with Gasteiger partial charge in [0.2, 0.25) is 0 Å². The van der Waals surface area contributed by atoms with Crippen molar-refractivity contribution in [1.82, 2.24) is 0 Å². The zero-order valence-corrected chi connectivity index (χ0v) is 48.4. The second-order valence-electron chi connectivity index (χ2n) is 21.4. The molecule has 0 aromatic heterocycles. The Labute approximate surface area is 495 Å². The predicted octanol–water partition coefficient (Wildman–Crippen LogP) is 14.3. The lowest BCUT2D eigenvalue weighted by atomic mass is 9.83. The van der Waals surface area contributed by atoms with Crippen LogP contribution in [0.4, 0.5) is 0 Å². The molecule has 9 rings (SSSR count). The second-order valence-corrected chi connectivity index (χ2v) is 21.4. The zero-order valence-electron chi connectivity index (χ0n) is 48.4. The van der Waals surface area contributed by atoms with Crippen LogP contribution in [-0.4, -0.2) is 87.6 Å². The van der Waals surface area contributed by atoms with E-state index in [0.29, 0.717) is 13.2 Å². The number of azide groups is 1. The highest BCUT2D eigenvalue weighted by Gasteiger charge is 2.58. The van der Waals surface area contributed by atoms with Gasteiger partial charge >= 0.3 is 0 Å². The average Bonchev–Trinajstić information content (AvgIpc) is 2.63. The Hall–Kier alpha value is -6.75. The minimum atomic E-state index is -1.29. The Morgan fingerprint density at radius 3 is 1.17 bits per heavy atom. The summed E-state index contributed by atoms with van der Waals surface area (Å²) in [5.41, 5.74) is 17.3. The third kappa shape index (κ3) is 18.6. The van der Waals surface area contributed by atoms with E-state index in [9.17, 15) is 5.53 Å². The van der Waals surface area contributed by atoms with Crippen molar-refractivity contribution in [3.8, 4) is 5.75 Å². The van der Waals surface area contributed by atoms with E-state index in [1.807, 2.05) is 206 Å². The van der Waals surface area contributed by atoms with Crippen molar-refractivity contribution < 1.29 is 52.1 Å². The Bertz CT molecular complexity index is 2930. The zero-order chi connectivity index (χ0) is 57.8. The summed E-state index contributed by atoms with van der Waals surface area (Å²) in [6.07, 6.45) is -2.75. The molecule has 1 aliphatic carbocycles. The molecule has 14 nitrogen and oxygen atoms in total. The molecular formula is C70H81N3O11. The first-order valence-corrected chi connectivity index (χ1v) is 29.7. The molecule has 2 aliphatic rings. The molecule has 7 aromatic carbocycles. The fourth-order valence-corrected chi connectivity index (χ4v) is 10.8. The topological polar surface area (TPSA) is 150 Å². The quantitative estimate of drug-likeness (QED) is 0.0164. The van der Waals surface area contributed by atoms with Gasteiger partial charge in [-0.1, -0.05) is 238 Å². The molecule has 0 amide bonds. The van der Waals surface area contributed by atoms with E-state index in [4.69, 9.17) is 52.1 Å². The molecule has 1 saturated heterocycles. The van der Waals surface area contributed by atoms with Crippen LogP contribution < -0.4 is 4.74 Å². The van der Waals surface area contributed by atoms with E-state index >= 15 is 0 Å². The van der Waals surface area contributed by atoms with Crippen LogP contribution in [0.5, 0.6) is 5.75 Å². The van der Waals surface area contributed by atoms with Gasteiger partial charge in [0.15, 0.2) is 6.29 Å². The number of hydrogen-bond donors (Lipinski definition) is 0. The van der Waals surface area contributed by atoms with Gasteiger partial charge in [-0.2, -0.15) is 0 Å². The van der Waals surface area contributed by atoms with Gasteiger partial charge in [-0.05, 0) is 63.0 Å². The maximum Gasteiger partial charge on any atom is 0.169 e. The van der Waals surface area contributed by atoms with Crippen LogP contribution in [0, 0.1) is 0 Å². The van der Waals surface area contributed by atoms with Gasteiger partial charge in [0.05, 0.1) is 60.0 Å². The Balaban J connectivity index is 1.16. The van der Waals surface area contributed by atoms with Gasteiger partial charge in [0.25, 0.3) is 0 Å². The van der Waals surface area contributed by atoms with Crippen LogP contribution in [-0.2, 0) is 93.6 Å². The second kappa shape index (κ2) is 34.3. The molecule has 7 aromatic rings. The molecule has 1 saturated carbocycles. The number of hydrogen-bond acceptors (Lipinski definition) is 12. The summed E-state index contributed by atoms with van der Waals surface area (Å²) < 4.78 is 77.3. The van der Waals surface area contributed by atoms with Gasteiger partial charge < -0.3 is 52.1 Å². The van der Waals surface area contributed by atoms with Crippen molar-refractivity contribution in [2.24, 2.45) is 5.11 Å². The maximum absolute atomic E-state index is 10.7. The molecule has 1 heterocycles. The van der Waals surface area contributed by atoms with E-state index in [1.54, 1.807) is 7.11 Å². The molecule has 2 fully saturated rings. The predicted molar refractivity (Wildman–Crippen MR) is 322 cm³/mol. The molecule has 0 spiro atoms. The van der Waals surface area contributed by atoms with Crippen LogP contribution in [0.1, 0.15) is 84.4 Å². The fraction of sp³-hybridized carbons (Fsp3) is 0.400. The molecule has 0 bridgehead atoms. The standard InChI is InChI=1S/C70H81N3O11/c1-3-4-5-6-7-26-43-76-64-65(79-47-55-33-20-11-21-34-55)66(80-48-56-35-22-12-23-36-56)68(81-49-57-37-24-13-25-38-57)69(67(64)82-50-58-39-41-59(74-2)42-40-58)84-70-61(72-73-71)63(78-46-54-31-18-10-19-32-54)62(77-45-53-29-16-9-17-30-53)60(83-70)51-75-44-52-27-14-8-15-28-52/h8-25,27-42,60-70H,3-7,26,43-51H2,1-2H3/t60-,61-,62-,63-,64-,65+,66-,67-,68+,69+,70?/m1/s1. The number of methoxy groups -OCH3 is 1. The largest absolute Gasteiger partial charge is 0.497 e. The lowest BCUT2D eigenvalue weighted by Gasteiger charge is -2.52. The summed E-state index contributed by atoms with van der Waals surface area (Å²) in [4.78, 5) is 3.48. The number of benzene rings is 7. The summed E-state index contributed by atoms with van der Waals surface area (Å²) >= 11 is 0. The molecular weight excluding hydrogens is 1060 g/mol. The van der Waals surface area contributed by atoms with Crippen molar-refractivity contribution in [2.45, 2.75) is 159 Å². The Kier molecular flexibility index (Phi) is 25.2. The van der Waals surface area contributed by atoms with E-state index in [2.05, 4.69) is 16.9 Å². The fourth-order valence-electron chi connectivity index (χ4n) is 10.8. The van der Waals surface area contributed by atoms with Crippen molar-refractivity contribution in [3.05, 3.63) is 256 Å². The minimum absolute atomic E-state index is 0.0700. The highest BCUT2D eigenvalue weighted by molar-refractivity contribution is 5.27.